The summed E-state index contributed by atoms with van der Waals surface area (Å²) in [6, 6.07) is 8.69. The number of thiophene rings is 1. The van der Waals surface area contributed by atoms with E-state index in [9.17, 15) is 13.2 Å². The molecule has 11 heteroatoms. The molecular weight excluding hydrogens is 458 g/mol. The van der Waals surface area contributed by atoms with E-state index >= 15 is 0 Å². The van der Waals surface area contributed by atoms with Gasteiger partial charge in [0, 0.05) is 18.5 Å². The van der Waals surface area contributed by atoms with Gasteiger partial charge in [-0.05, 0) is 29.1 Å². The molecule has 0 spiro atoms. The molecule has 1 aliphatic rings. The Morgan fingerprint density at radius 2 is 2.06 bits per heavy atom. The summed E-state index contributed by atoms with van der Waals surface area (Å²) in [5.74, 6) is -0.0249. The number of carbonyl (C=O) groups excluding carboxylic acids is 1. The number of nitrogens with one attached hydrogen (secondary N) is 1. The highest BCUT2D eigenvalue weighted by Crippen LogP contribution is 2.30. The number of thiazole rings is 1. The Bertz CT molecular complexity index is 1150. The molecule has 0 radical (unpaired) electrons. The molecule has 1 amide bonds. The lowest BCUT2D eigenvalue weighted by atomic mass is 10.1. The van der Waals surface area contributed by atoms with Crippen LogP contribution in [0.3, 0.4) is 0 Å². The van der Waals surface area contributed by atoms with Gasteiger partial charge in [0.25, 0.3) is 0 Å². The zero-order valence-corrected chi connectivity index (χ0v) is 19.2. The Morgan fingerprint density at radius 3 is 2.77 bits per heavy atom. The minimum absolute atomic E-state index is 0.0174. The van der Waals surface area contributed by atoms with E-state index in [-0.39, 0.29) is 36.1 Å². The van der Waals surface area contributed by atoms with Crippen LogP contribution in [0.2, 0.25) is 0 Å². The lowest BCUT2D eigenvalue weighted by molar-refractivity contribution is -0.115. The van der Waals surface area contributed by atoms with Crippen molar-refractivity contribution in [1.82, 2.24) is 9.29 Å². The van der Waals surface area contributed by atoms with E-state index in [1.54, 1.807) is 23.5 Å². The van der Waals surface area contributed by atoms with Crippen LogP contribution in [0.15, 0.2) is 46.0 Å². The molecular formula is C20H21N3O5S3. The van der Waals surface area contributed by atoms with Crippen LogP contribution >= 0.6 is 22.7 Å². The maximum atomic E-state index is 13.1. The summed E-state index contributed by atoms with van der Waals surface area (Å²) in [6.07, 6.45) is 0.0174. The van der Waals surface area contributed by atoms with Crippen LogP contribution in [0.1, 0.15) is 5.56 Å². The average Bonchev–Trinajstić information content (AvgIpc) is 3.46. The molecule has 1 N–H and O–H groups in total. The fourth-order valence-electron chi connectivity index (χ4n) is 3.18. The van der Waals surface area contributed by atoms with Crippen LogP contribution < -0.4 is 10.1 Å². The number of nitrogens with zero attached hydrogens (tertiary/aromatic N) is 2. The first kappa shape index (κ1) is 21.9. The van der Waals surface area contributed by atoms with Gasteiger partial charge in [-0.1, -0.05) is 12.1 Å². The smallest absolute Gasteiger partial charge is 0.246 e. The van der Waals surface area contributed by atoms with E-state index in [1.807, 2.05) is 22.9 Å². The maximum absolute atomic E-state index is 13.1. The van der Waals surface area contributed by atoms with E-state index < -0.39 is 10.0 Å². The zero-order chi connectivity index (χ0) is 21.8. The number of hydrogen-bond donors (Lipinski definition) is 1. The van der Waals surface area contributed by atoms with Crippen molar-refractivity contribution < 1.29 is 22.7 Å². The third kappa shape index (κ3) is 4.96. The van der Waals surface area contributed by atoms with Gasteiger partial charge < -0.3 is 14.8 Å². The van der Waals surface area contributed by atoms with Gasteiger partial charge in [0.15, 0.2) is 5.13 Å². The summed E-state index contributed by atoms with van der Waals surface area (Å²) in [6.45, 7) is 1.27. The molecule has 1 saturated heterocycles. The van der Waals surface area contributed by atoms with Crippen molar-refractivity contribution >= 4 is 43.7 Å². The summed E-state index contributed by atoms with van der Waals surface area (Å²) in [4.78, 5) is 18.1. The molecule has 8 nitrogen and oxygen atoms in total. The Hall–Kier alpha value is -2.31. The molecule has 0 saturated carbocycles. The molecule has 0 unspecified atom stereocenters. The maximum Gasteiger partial charge on any atom is 0.246 e. The quantitative estimate of drug-likeness (QED) is 0.559. The van der Waals surface area contributed by atoms with E-state index in [2.05, 4.69) is 10.3 Å². The number of hydrogen-bond acceptors (Lipinski definition) is 8. The van der Waals surface area contributed by atoms with Gasteiger partial charge in [-0.15, -0.1) is 22.7 Å². The van der Waals surface area contributed by atoms with Gasteiger partial charge in [0.05, 0.1) is 37.3 Å². The standard InChI is InChI=1S/C20H21N3O5S3/c1-27-16-5-4-14(11-18(16)31(25,26)23-6-8-28-9-7-23)12-19(24)22-20-21-15(13-30-20)17-3-2-10-29-17/h2-5,10-11,13H,6-9,12H2,1H3,(H,21,22,24). The minimum atomic E-state index is -3.76. The molecule has 1 aliphatic heterocycles. The SMILES string of the molecule is COc1ccc(CC(=O)Nc2nc(-c3cccs3)cs2)cc1S(=O)(=O)N1CCOCC1. The second-order valence-corrected chi connectivity index (χ2v) is 10.5. The lowest BCUT2D eigenvalue weighted by Gasteiger charge is -2.26. The predicted octanol–water partition coefficient (Wildman–Crippen LogP) is 3.08. The average molecular weight is 480 g/mol. The number of benzene rings is 1. The summed E-state index contributed by atoms with van der Waals surface area (Å²) in [5.41, 5.74) is 1.39. The molecule has 1 aromatic carbocycles. The van der Waals surface area contributed by atoms with Crippen molar-refractivity contribution in [3.05, 3.63) is 46.7 Å². The first-order valence-corrected chi connectivity index (χ1v) is 12.7. The van der Waals surface area contributed by atoms with E-state index in [4.69, 9.17) is 9.47 Å². The van der Waals surface area contributed by atoms with Crippen molar-refractivity contribution in [3.8, 4) is 16.3 Å². The van der Waals surface area contributed by atoms with Crippen molar-refractivity contribution in [2.45, 2.75) is 11.3 Å². The van der Waals surface area contributed by atoms with Crippen LogP contribution in [-0.4, -0.2) is 57.0 Å². The van der Waals surface area contributed by atoms with Gasteiger partial charge in [0.2, 0.25) is 15.9 Å². The fourth-order valence-corrected chi connectivity index (χ4v) is 6.28. The summed E-state index contributed by atoms with van der Waals surface area (Å²) < 4.78 is 38.1. The number of ether oxygens (including phenoxy) is 2. The fraction of sp³-hybridized carbons (Fsp3) is 0.300. The molecule has 3 aromatic rings. The van der Waals surface area contributed by atoms with Gasteiger partial charge >= 0.3 is 0 Å². The molecule has 2 aromatic heterocycles. The molecule has 0 bridgehead atoms. The summed E-state index contributed by atoms with van der Waals surface area (Å²) in [5, 5.41) is 7.15. The van der Waals surface area contributed by atoms with Crippen LogP contribution in [0, 0.1) is 0 Å². The molecule has 1 fully saturated rings. The zero-order valence-electron chi connectivity index (χ0n) is 16.7. The molecule has 3 heterocycles. The Morgan fingerprint density at radius 1 is 1.26 bits per heavy atom. The van der Waals surface area contributed by atoms with Crippen LogP contribution in [0.4, 0.5) is 5.13 Å². The predicted molar refractivity (Wildman–Crippen MR) is 120 cm³/mol. The highest BCUT2D eigenvalue weighted by atomic mass is 32.2. The summed E-state index contributed by atoms with van der Waals surface area (Å²) in [7, 11) is -2.33. The third-order valence-electron chi connectivity index (χ3n) is 4.70. The third-order valence-corrected chi connectivity index (χ3v) is 8.27. The highest BCUT2D eigenvalue weighted by molar-refractivity contribution is 7.89. The lowest BCUT2D eigenvalue weighted by Crippen LogP contribution is -2.40. The molecule has 0 aliphatic carbocycles. The second kappa shape index (κ2) is 9.45. The number of aromatic nitrogens is 1. The van der Waals surface area contributed by atoms with Gasteiger partial charge in [-0.25, -0.2) is 13.4 Å². The minimum Gasteiger partial charge on any atom is -0.495 e. The number of anilines is 1. The van der Waals surface area contributed by atoms with E-state index in [1.165, 1.54) is 28.8 Å². The van der Waals surface area contributed by atoms with E-state index in [0.717, 1.165) is 10.6 Å². The number of methoxy groups -OCH3 is 1. The highest BCUT2D eigenvalue weighted by Gasteiger charge is 2.29. The van der Waals surface area contributed by atoms with E-state index in [0.29, 0.717) is 23.9 Å². The monoisotopic (exact) mass is 479 g/mol. The topological polar surface area (TPSA) is 97.8 Å². The molecule has 4 rings (SSSR count). The van der Waals surface area contributed by atoms with Crippen LogP contribution in [0.5, 0.6) is 5.75 Å². The molecule has 0 atom stereocenters. The van der Waals surface area contributed by atoms with Gasteiger partial charge in [0.1, 0.15) is 10.6 Å². The number of rotatable bonds is 7. The number of sulfonamides is 1. The normalized spacial score (nSPS) is 15.0. The van der Waals surface area contributed by atoms with Crippen LogP contribution in [0.25, 0.3) is 10.6 Å². The van der Waals surface area contributed by atoms with Crippen molar-refractivity contribution in [2.75, 3.05) is 38.7 Å². The second-order valence-electron chi connectivity index (χ2n) is 6.74. The Balaban J connectivity index is 1.49. The Labute approximate surface area is 188 Å². The number of carbonyl (C=O) groups is 1. The number of morpholine rings is 1. The van der Waals surface area contributed by atoms with Gasteiger partial charge in [-0.3, -0.25) is 4.79 Å². The number of amides is 1. The first-order chi connectivity index (χ1) is 15.0. The molecule has 31 heavy (non-hydrogen) atoms. The largest absolute Gasteiger partial charge is 0.495 e. The van der Waals surface area contributed by atoms with Crippen LogP contribution in [-0.2, 0) is 26.0 Å². The summed E-state index contributed by atoms with van der Waals surface area (Å²) >= 11 is 2.93. The molecule has 164 valence electrons. The van der Waals surface area contributed by atoms with Gasteiger partial charge in [-0.2, -0.15) is 4.31 Å². The van der Waals surface area contributed by atoms with Crippen molar-refractivity contribution in [3.63, 3.8) is 0 Å². The first-order valence-electron chi connectivity index (χ1n) is 9.51. The van der Waals surface area contributed by atoms with Crippen molar-refractivity contribution in [1.29, 1.82) is 0 Å². The van der Waals surface area contributed by atoms with Crippen molar-refractivity contribution in [2.24, 2.45) is 0 Å². The Kier molecular flexibility index (Phi) is 6.68.